The van der Waals surface area contributed by atoms with Gasteiger partial charge in [0.05, 0.1) is 23.7 Å². The number of halogens is 1. The van der Waals surface area contributed by atoms with Crippen molar-refractivity contribution in [3.8, 4) is 6.07 Å². The zero-order chi connectivity index (χ0) is 13.7. The van der Waals surface area contributed by atoms with Crippen molar-refractivity contribution in [3.63, 3.8) is 0 Å². The van der Waals surface area contributed by atoms with Crippen molar-refractivity contribution in [3.05, 3.63) is 29.6 Å². The Morgan fingerprint density at radius 1 is 1.44 bits per heavy atom. The lowest BCUT2D eigenvalue weighted by Crippen LogP contribution is -2.32. The van der Waals surface area contributed by atoms with Gasteiger partial charge in [-0.15, -0.1) is 0 Å². The summed E-state index contributed by atoms with van der Waals surface area (Å²) in [5.74, 6) is -3.53. The molecule has 0 saturated heterocycles. The number of hydrogen-bond acceptors (Lipinski definition) is 4. The van der Waals surface area contributed by atoms with Crippen LogP contribution in [0, 0.1) is 17.1 Å². The molecule has 94 valence electrons. The Balaban J connectivity index is 2.91. The van der Waals surface area contributed by atoms with Crippen molar-refractivity contribution in [1.82, 2.24) is 0 Å². The Hall–Kier alpha value is -2.62. The van der Waals surface area contributed by atoms with Crippen LogP contribution >= 0.6 is 0 Å². The standard InChI is InChI=1S/C11H9FN2O4/c12-7-3-6(5-13)1-2-8(7)14-9(11(17)18)4-10(15)16/h1-3,9,14H,4H2,(H,15,16)(H,17,18). The number of hydrogen-bond donors (Lipinski definition) is 3. The molecular weight excluding hydrogens is 243 g/mol. The van der Waals surface area contributed by atoms with Crippen molar-refractivity contribution in [1.29, 1.82) is 5.26 Å². The Kier molecular flexibility index (Phi) is 4.21. The molecule has 0 aliphatic heterocycles. The van der Waals surface area contributed by atoms with Gasteiger partial charge in [-0.2, -0.15) is 5.26 Å². The third-order valence-electron chi connectivity index (χ3n) is 2.10. The average molecular weight is 252 g/mol. The predicted octanol–water partition coefficient (Wildman–Crippen LogP) is 1.04. The molecule has 0 bridgehead atoms. The summed E-state index contributed by atoms with van der Waals surface area (Å²) in [4.78, 5) is 21.2. The van der Waals surface area contributed by atoms with Crippen LogP contribution in [-0.4, -0.2) is 28.2 Å². The number of nitrogens with zero attached hydrogens (tertiary/aromatic N) is 1. The maximum Gasteiger partial charge on any atom is 0.326 e. The SMILES string of the molecule is N#Cc1ccc(NC(CC(=O)O)C(=O)O)c(F)c1. The van der Waals surface area contributed by atoms with Gasteiger partial charge in [0.25, 0.3) is 0 Å². The Morgan fingerprint density at radius 3 is 2.56 bits per heavy atom. The number of carbonyl (C=O) groups is 2. The van der Waals surface area contributed by atoms with E-state index >= 15 is 0 Å². The van der Waals surface area contributed by atoms with Crippen LogP contribution in [0.3, 0.4) is 0 Å². The van der Waals surface area contributed by atoms with Crippen LogP contribution in [0.2, 0.25) is 0 Å². The first-order valence-electron chi connectivity index (χ1n) is 4.85. The monoisotopic (exact) mass is 252 g/mol. The molecule has 0 saturated carbocycles. The van der Waals surface area contributed by atoms with Crippen LogP contribution in [0.1, 0.15) is 12.0 Å². The number of anilines is 1. The summed E-state index contributed by atoms with van der Waals surface area (Å²) < 4.78 is 13.4. The van der Waals surface area contributed by atoms with E-state index in [2.05, 4.69) is 5.32 Å². The number of benzene rings is 1. The van der Waals surface area contributed by atoms with Gasteiger partial charge < -0.3 is 15.5 Å². The maximum atomic E-state index is 13.4. The zero-order valence-electron chi connectivity index (χ0n) is 9.05. The first-order valence-corrected chi connectivity index (χ1v) is 4.85. The Morgan fingerprint density at radius 2 is 2.11 bits per heavy atom. The molecule has 1 aromatic rings. The second kappa shape index (κ2) is 5.63. The molecular formula is C11H9FN2O4. The molecule has 1 atom stereocenters. The number of aliphatic carboxylic acids is 2. The highest BCUT2D eigenvalue weighted by Crippen LogP contribution is 2.17. The van der Waals surface area contributed by atoms with E-state index in [0.29, 0.717) is 0 Å². The van der Waals surface area contributed by atoms with Crippen LogP contribution in [0.25, 0.3) is 0 Å². The molecule has 0 spiro atoms. The largest absolute Gasteiger partial charge is 0.481 e. The van der Waals surface area contributed by atoms with E-state index in [-0.39, 0.29) is 11.3 Å². The Labute approximate surface area is 101 Å². The lowest BCUT2D eigenvalue weighted by Gasteiger charge is -2.14. The summed E-state index contributed by atoms with van der Waals surface area (Å²) >= 11 is 0. The molecule has 1 rings (SSSR count). The quantitative estimate of drug-likeness (QED) is 0.722. The van der Waals surface area contributed by atoms with Crippen LogP contribution in [0.4, 0.5) is 10.1 Å². The smallest absolute Gasteiger partial charge is 0.326 e. The number of carboxylic acids is 2. The molecule has 0 amide bonds. The molecule has 1 unspecified atom stereocenters. The first-order chi connectivity index (χ1) is 8.43. The molecule has 6 nitrogen and oxygen atoms in total. The highest BCUT2D eigenvalue weighted by molar-refractivity contribution is 5.83. The molecule has 0 aromatic heterocycles. The second-order valence-electron chi connectivity index (χ2n) is 3.44. The highest BCUT2D eigenvalue weighted by Gasteiger charge is 2.21. The number of nitriles is 1. The van der Waals surface area contributed by atoms with E-state index in [1.54, 1.807) is 6.07 Å². The molecule has 1 aromatic carbocycles. The summed E-state index contributed by atoms with van der Waals surface area (Å²) in [6.07, 6.45) is -0.686. The van der Waals surface area contributed by atoms with Crippen molar-refractivity contribution in [2.75, 3.05) is 5.32 Å². The summed E-state index contributed by atoms with van der Waals surface area (Å²) in [5, 5.41) is 28.1. The normalized spacial score (nSPS) is 11.3. The van der Waals surface area contributed by atoms with Gasteiger partial charge in [-0.3, -0.25) is 4.79 Å². The summed E-state index contributed by atoms with van der Waals surface area (Å²) in [7, 11) is 0. The molecule has 0 fully saturated rings. The van der Waals surface area contributed by atoms with Crippen molar-refractivity contribution in [2.24, 2.45) is 0 Å². The third kappa shape index (κ3) is 3.45. The van der Waals surface area contributed by atoms with E-state index in [1.807, 2.05) is 0 Å². The van der Waals surface area contributed by atoms with Crippen molar-refractivity contribution in [2.45, 2.75) is 12.5 Å². The lowest BCUT2D eigenvalue weighted by molar-refractivity contribution is -0.144. The van der Waals surface area contributed by atoms with E-state index in [0.717, 1.165) is 6.07 Å². The van der Waals surface area contributed by atoms with Crippen LogP contribution in [0.5, 0.6) is 0 Å². The number of rotatable bonds is 5. The third-order valence-corrected chi connectivity index (χ3v) is 2.10. The van der Waals surface area contributed by atoms with Crippen LogP contribution in [-0.2, 0) is 9.59 Å². The van der Waals surface area contributed by atoms with Gasteiger partial charge in [0, 0.05) is 0 Å². The molecule has 0 aliphatic rings. The molecule has 18 heavy (non-hydrogen) atoms. The van der Waals surface area contributed by atoms with Gasteiger partial charge in [-0.05, 0) is 18.2 Å². The minimum atomic E-state index is -1.44. The number of carboxylic acid groups (broad SMARTS) is 2. The highest BCUT2D eigenvalue weighted by atomic mass is 19.1. The van der Waals surface area contributed by atoms with E-state index < -0.39 is 30.2 Å². The van der Waals surface area contributed by atoms with Gasteiger partial charge in [-0.1, -0.05) is 0 Å². The average Bonchev–Trinajstić information content (AvgIpc) is 2.29. The first kappa shape index (κ1) is 13.4. The van der Waals surface area contributed by atoms with Gasteiger partial charge in [0.2, 0.25) is 0 Å². The fourth-order valence-corrected chi connectivity index (χ4v) is 1.26. The number of nitrogens with one attached hydrogen (secondary N) is 1. The van der Waals surface area contributed by atoms with E-state index in [1.165, 1.54) is 12.1 Å². The van der Waals surface area contributed by atoms with Gasteiger partial charge in [-0.25, -0.2) is 9.18 Å². The minimum absolute atomic E-state index is 0.0863. The molecule has 3 N–H and O–H groups in total. The summed E-state index contributed by atoms with van der Waals surface area (Å²) in [6.45, 7) is 0. The molecule has 7 heteroatoms. The van der Waals surface area contributed by atoms with E-state index in [4.69, 9.17) is 15.5 Å². The molecule has 0 aliphatic carbocycles. The fraction of sp³-hybridized carbons (Fsp3) is 0.182. The summed E-state index contributed by atoms with van der Waals surface area (Å²) in [5.41, 5.74) is -0.0780. The van der Waals surface area contributed by atoms with Crippen LogP contribution < -0.4 is 5.32 Å². The van der Waals surface area contributed by atoms with Crippen molar-refractivity contribution < 1.29 is 24.2 Å². The van der Waals surface area contributed by atoms with Gasteiger partial charge >= 0.3 is 11.9 Å². The van der Waals surface area contributed by atoms with Gasteiger partial charge in [0.15, 0.2) is 0 Å². The maximum absolute atomic E-state index is 13.4. The van der Waals surface area contributed by atoms with Gasteiger partial charge in [0.1, 0.15) is 11.9 Å². The molecule has 0 heterocycles. The summed E-state index contributed by atoms with van der Waals surface area (Å²) in [6, 6.07) is 3.70. The minimum Gasteiger partial charge on any atom is -0.481 e. The van der Waals surface area contributed by atoms with Crippen LogP contribution in [0.15, 0.2) is 18.2 Å². The zero-order valence-corrected chi connectivity index (χ0v) is 9.05. The fourth-order valence-electron chi connectivity index (χ4n) is 1.26. The molecule has 0 radical (unpaired) electrons. The Bertz CT molecular complexity index is 524. The van der Waals surface area contributed by atoms with Crippen molar-refractivity contribution >= 4 is 17.6 Å². The predicted molar refractivity (Wildman–Crippen MR) is 58.4 cm³/mol. The lowest BCUT2D eigenvalue weighted by atomic mass is 10.1. The second-order valence-corrected chi connectivity index (χ2v) is 3.44. The van der Waals surface area contributed by atoms with E-state index in [9.17, 15) is 14.0 Å². The topological polar surface area (TPSA) is 110 Å².